The molecule has 0 aromatic rings. The lowest BCUT2D eigenvalue weighted by Crippen LogP contribution is -2.66. The molecular weight excluding hydrogens is 561 g/mol. The van der Waals surface area contributed by atoms with Crippen LogP contribution in [0, 0.1) is 23.2 Å². The molecule has 1 amide bonds. The van der Waals surface area contributed by atoms with Gasteiger partial charge in [-0.2, -0.15) is 0 Å². The molecular formula is C34H58FN5O4. The van der Waals surface area contributed by atoms with Crippen LogP contribution < -0.4 is 27.4 Å². The predicted octanol–water partition coefficient (Wildman–Crippen LogP) is 4.29. The van der Waals surface area contributed by atoms with Crippen LogP contribution in [0.5, 0.6) is 0 Å². The molecule has 5 atom stereocenters. The molecule has 10 heteroatoms. The SMILES string of the molecule is COC(=O)C1CCC(OC2CCNC(C3CCCCC3)C2NC(=O)C(C(N)N)C2CC3(CCCCC3)CCC(F)=CN2)CC1. The van der Waals surface area contributed by atoms with Gasteiger partial charge in [-0.25, -0.2) is 4.39 Å². The van der Waals surface area contributed by atoms with Gasteiger partial charge < -0.3 is 36.9 Å². The molecule has 44 heavy (non-hydrogen) atoms. The van der Waals surface area contributed by atoms with E-state index in [0.717, 1.165) is 90.0 Å². The third-order valence-corrected chi connectivity index (χ3v) is 11.7. The Morgan fingerprint density at radius 3 is 2.36 bits per heavy atom. The van der Waals surface area contributed by atoms with Crippen molar-refractivity contribution in [3.05, 3.63) is 12.0 Å². The van der Waals surface area contributed by atoms with Crippen molar-refractivity contribution < 1.29 is 23.5 Å². The number of nitrogens with one attached hydrogen (secondary N) is 3. The van der Waals surface area contributed by atoms with Gasteiger partial charge in [-0.3, -0.25) is 9.59 Å². The van der Waals surface area contributed by atoms with Crippen molar-refractivity contribution in [2.45, 2.75) is 152 Å². The number of amides is 1. The highest BCUT2D eigenvalue weighted by atomic mass is 19.1. The van der Waals surface area contributed by atoms with Crippen LogP contribution in [0.3, 0.4) is 0 Å². The fourth-order valence-electron chi connectivity index (χ4n) is 9.22. The van der Waals surface area contributed by atoms with E-state index in [0.29, 0.717) is 12.3 Å². The number of allylic oxidation sites excluding steroid dienone is 1. The average Bonchev–Trinajstić information content (AvgIpc) is 3.03. The lowest BCUT2D eigenvalue weighted by atomic mass is 9.65. The molecule has 4 fully saturated rings. The minimum absolute atomic E-state index is 0.000645. The van der Waals surface area contributed by atoms with Crippen molar-refractivity contribution in [1.29, 1.82) is 0 Å². The fraction of sp³-hybridized carbons (Fsp3) is 0.882. The second-order valence-electron chi connectivity index (χ2n) is 14.6. The number of hydrogen-bond acceptors (Lipinski definition) is 8. The summed E-state index contributed by atoms with van der Waals surface area (Å²) in [4.78, 5) is 26.5. The van der Waals surface area contributed by atoms with Crippen molar-refractivity contribution in [3.63, 3.8) is 0 Å². The highest BCUT2D eigenvalue weighted by Gasteiger charge is 2.45. The normalized spacial score (nSPS) is 34.2. The average molecular weight is 620 g/mol. The Morgan fingerprint density at radius 2 is 1.68 bits per heavy atom. The van der Waals surface area contributed by atoms with Crippen LogP contribution in [0.15, 0.2) is 12.0 Å². The zero-order valence-electron chi connectivity index (χ0n) is 26.9. The summed E-state index contributed by atoms with van der Waals surface area (Å²) in [6.45, 7) is 0.840. The van der Waals surface area contributed by atoms with Crippen molar-refractivity contribution in [2.75, 3.05) is 13.7 Å². The van der Waals surface area contributed by atoms with Crippen molar-refractivity contribution >= 4 is 11.9 Å². The number of esters is 1. The van der Waals surface area contributed by atoms with E-state index in [9.17, 15) is 14.0 Å². The van der Waals surface area contributed by atoms with E-state index in [1.807, 2.05) is 0 Å². The van der Waals surface area contributed by atoms with Gasteiger partial charge >= 0.3 is 5.97 Å². The Labute approximate surface area is 263 Å². The summed E-state index contributed by atoms with van der Waals surface area (Å²) in [5, 5.41) is 10.5. The predicted molar refractivity (Wildman–Crippen MR) is 169 cm³/mol. The molecule has 5 unspecified atom stereocenters. The molecule has 3 saturated carbocycles. The Kier molecular flexibility index (Phi) is 12.0. The van der Waals surface area contributed by atoms with Gasteiger partial charge in [0.1, 0.15) is 5.83 Å². The summed E-state index contributed by atoms with van der Waals surface area (Å²) in [7, 11) is 1.45. The minimum Gasteiger partial charge on any atom is -0.469 e. The molecule has 2 heterocycles. The first kappa shape index (κ1) is 33.6. The number of carbonyl (C=O) groups is 2. The molecule has 1 spiro atoms. The van der Waals surface area contributed by atoms with Gasteiger partial charge in [0.2, 0.25) is 5.91 Å². The van der Waals surface area contributed by atoms with Crippen molar-refractivity contribution in [1.82, 2.24) is 16.0 Å². The maximum Gasteiger partial charge on any atom is 0.308 e. The first-order valence-electron chi connectivity index (χ1n) is 17.7. The highest BCUT2D eigenvalue weighted by Crippen LogP contribution is 2.46. The summed E-state index contributed by atoms with van der Waals surface area (Å²) in [5.41, 5.74) is 12.8. The van der Waals surface area contributed by atoms with Gasteiger partial charge in [-0.15, -0.1) is 0 Å². The highest BCUT2D eigenvalue weighted by molar-refractivity contribution is 5.80. The number of nitrogens with two attached hydrogens (primary N) is 2. The van der Waals surface area contributed by atoms with Crippen LogP contribution in [0.25, 0.3) is 0 Å². The molecule has 5 rings (SSSR count). The Hall–Kier alpha value is -1.75. The fourth-order valence-corrected chi connectivity index (χ4v) is 9.22. The van der Waals surface area contributed by atoms with Crippen LogP contribution in [-0.2, 0) is 19.1 Å². The summed E-state index contributed by atoms with van der Waals surface area (Å²) in [6, 6.07) is -0.466. The third kappa shape index (κ3) is 8.34. The van der Waals surface area contributed by atoms with E-state index in [1.165, 1.54) is 39.0 Å². The monoisotopic (exact) mass is 619 g/mol. The van der Waals surface area contributed by atoms with E-state index >= 15 is 0 Å². The number of hydrogen-bond donors (Lipinski definition) is 5. The molecule has 0 radical (unpaired) electrons. The summed E-state index contributed by atoms with van der Waals surface area (Å²) in [5.74, 6) is -0.787. The second kappa shape index (κ2) is 15.7. The quantitative estimate of drug-likeness (QED) is 0.200. The molecule has 0 aromatic heterocycles. The van der Waals surface area contributed by atoms with Gasteiger partial charge in [0.15, 0.2) is 0 Å². The molecule has 3 aliphatic carbocycles. The summed E-state index contributed by atoms with van der Waals surface area (Å²) in [6.07, 6.45) is 17.9. The Morgan fingerprint density at radius 1 is 0.977 bits per heavy atom. The van der Waals surface area contributed by atoms with Crippen LogP contribution in [0.2, 0.25) is 0 Å². The molecule has 7 N–H and O–H groups in total. The van der Waals surface area contributed by atoms with E-state index in [1.54, 1.807) is 0 Å². The molecule has 0 aromatic carbocycles. The van der Waals surface area contributed by atoms with Gasteiger partial charge in [-0.05, 0) is 88.5 Å². The maximum absolute atomic E-state index is 14.8. The molecule has 2 aliphatic heterocycles. The third-order valence-electron chi connectivity index (χ3n) is 11.7. The lowest BCUT2D eigenvalue weighted by Gasteiger charge is -2.46. The number of halogens is 1. The van der Waals surface area contributed by atoms with Crippen LogP contribution in [-0.4, -0.2) is 62.0 Å². The van der Waals surface area contributed by atoms with Gasteiger partial charge in [0, 0.05) is 24.7 Å². The van der Waals surface area contributed by atoms with E-state index in [-0.39, 0.29) is 59.4 Å². The maximum atomic E-state index is 14.8. The lowest BCUT2D eigenvalue weighted by molar-refractivity contribution is -0.149. The van der Waals surface area contributed by atoms with Crippen molar-refractivity contribution in [2.24, 2.45) is 34.6 Å². The molecule has 1 saturated heterocycles. The zero-order chi connectivity index (χ0) is 31.1. The van der Waals surface area contributed by atoms with Crippen LogP contribution in [0.4, 0.5) is 4.39 Å². The number of methoxy groups -OCH3 is 1. The number of ether oxygens (including phenoxy) is 2. The van der Waals surface area contributed by atoms with Gasteiger partial charge in [-0.1, -0.05) is 38.5 Å². The first-order valence-corrected chi connectivity index (χ1v) is 17.7. The van der Waals surface area contributed by atoms with E-state index in [2.05, 4.69) is 16.0 Å². The number of piperidine rings is 1. The zero-order valence-corrected chi connectivity index (χ0v) is 26.9. The molecule has 9 nitrogen and oxygen atoms in total. The standard InChI is InChI=1S/C34H58FN5O4/c1-43-33(42)23-10-12-25(13-11-23)44-27-15-19-38-29(22-8-4-2-5-9-22)30(27)40-32(41)28(31(36)37)26-20-34(16-6-3-7-17-34)18-14-24(35)21-39-26/h21-23,25-31,38-39H,2-20,36-37H2,1H3,(H,40,41). The minimum atomic E-state index is -0.887. The van der Waals surface area contributed by atoms with Crippen molar-refractivity contribution in [3.8, 4) is 0 Å². The Balaban J connectivity index is 1.34. The first-order chi connectivity index (χ1) is 21.3. The summed E-state index contributed by atoms with van der Waals surface area (Å²) < 4.78 is 26.6. The van der Waals surface area contributed by atoms with E-state index < -0.39 is 12.1 Å². The largest absolute Gasteiger partial charge is 0.469 e. The van der Waals surface area contributed by atoms with Gasteiger partial charge in [0.05, 0.1) is 43.4 Å². The van der Waals surface area contributed by atoms with Crippen LogP contribution in [0.1, 0.15) is 116 Å². The number of rotatable bonds is 8. The summed E-state index contributed by atoms with van der Waals surface area (Å²) >= 11 is 0. The molecule has 250 valence electrons. The molecule has 5 aliphatic rings. The Bertz CT molecular complexity index is 975. The number of carbonyl (C=O) groups excluding carboxylic acids is 2. The topological polar surface area (TPSA) is 141 Å². The van der Waals surface area contributed by atoms with E-state index in [4.69, 9.17) is 20.9 Å². The smallest absolute Gasteiger partial charge is 0.308 e. The molecule has 0 bridgehead atoms. The van der Waals surface area contributed by atoms with Crippen LogP contribution >= 0.6 is 0 Å². The second-order valence-corrected chi connectivity index (χ2v) is 14.6. The van der Waals surface area contributed by atoms with Gasteiger partial charge in [0.25, 0.3) is 0 Å².